The predicted molar refractivity (Wildman–Crippen MR) is 99.4 cm³/mol. The van der Waals surface area contributed by atoms with Crippen LogP contribution in [0.15, 0.2) is 30.3 Å². The molecule has 0 amide bonds. The summed E-state index contributed by atoms with van der Waals surface area (Å²) in [5, 5.41) is 39.4. The fraction of sp³-hybridized carbons (Fsp3) is 0.409. The Hall–Kier alpha value is -2.39. The fourth-order valence-electron chi connectivity index (χ4n) is 4.05. The molecular weight excluding hydrogens is 342 g/mol. The van der Waals surface area contributed by atoms with Crippen LogP contribution in [0.5, 0.6) is 5.75 Å². The molecule has 140 valence electrons. The van der Waals surface area contributed by atoms with Gasteiger partial charge in [-0.2, -0.15) is 5.26 Å². The van der Waals surface area contributed by atoms with Crippen LogP contribution in [-0.2, 0) is 24.0 Å². The zero-order valence-corrected chi connectivity index (χ0v) is 15.1. The molecule has 1 aliphatic heterocycles. The number of hydrogen-bond donors (Lipinski definition) is 3. The van der Waals surface area contributed by atoms with Gasteiger partial charge in [-0.25, -0.2) is 0 Å². The summed E-state index contributed by atoms with van der Waals surface area (Å²) in [6.45, 7) is -0.174. The molecule has 4 rings (SSSR count). The van der Waals surface area contributed by atoms with Crippen molar-refractivity contribution in [2.24, 2.45) is 0 Å². The van der Waals surface area contributed by atoms with E-state index in [-0.39, 0.29) is 12.4 Å². The first-order valence-corrected chi connectivity index (χ1v) is 9.38. The van der Waals surface area contributed by atoms with Crippen molar-refractivity contribution >= 4 is 0 Å². The third kappa shape index (κ3) is 3.57. The maximum atomic E-state index is 10.4. The molecule has 0 spiro atoms. The highest BCUT2D eigenvalue weighted by atomic mass is 16.5. The molecule has 0 aromatic heterocycles. The van der Waals surface area contributed by atoms with E-state index in [1.807, 2.05) is 6.07 Å². The van der Waals surface area contributed by atoms with Crippen molar-refractivity contribution in [2.45, 2.75) is 50.4 Å². The third-order valence-electron chi connectivity index (χ3n) is 5.63. The quantitative estimate of drug-likeness (QED) is 0.774. The van der Waals surface area contributed by atoms with Gasteiger partial charge in [0.05, 0.1) is 36.6 Å². The van der Waals surface area contributed by atoms with Crippen LogP contribution in [0, 0.1) is 11.3 Å². The lowest BCUT2D eigenvalue weighted by molar-refractivity contribution is -0.114. The van der Waals surface area contributed by atoms with E-state index in [4.69, 9.17) is 4.74 Å². The van der Waals surface area contributed by atoms with Crippen LogP contribution in [0.4, 0.5) is 0 Å². The number of phenols is 1. The van der Waals surface area contributed by atoms with Gasteiger partial charge in [-0.3, -0.25) is 0 Å². The topological polar surface area (TPSA) is 93.7 Å². The Morgan fingerprint density at radius 1 is 1.11 bits per heavy atom. The monoisotopic (exact) mass is 365 g/mol. The first-order valence-electron chi connectivity index (χ1n) is 9.38. The van der Waals surface area contributed by atoms with Crippen LogP contribution < -0.4 is 0 Å². The second kappa shape index (κ2) is 7.32. The highest BCUT2D eigenvalue weighted by Crippen LogP contribution is 2.38. The molecule has 0 radical (unpaired) electrons. The van der Waals surface area contributed by atoms with Crippen LogP contribution >= 0.6 is 0 Å². The molecule has 2 aromatic rings. The van der Waals surface area contributed by atoms with E-state index in [2.05, 4.69) is 24.3 Å². The first kappa shape index (κ1) is 18.0. The zero-order chi connectivity index (χ0) is 19.0. The van der Waals surface area contributed by atoms with Gasteiger partial charge in [-0.15, -0.1) is 0 Å². The van der Waals surface area contributed by atoms with E-state index >= 15 is 0 Å². The standard InChI is InChI=1S/C22H23NO4/c23-11-17-8-21(26)20(22-10-18(25)9-19(12-24)27-22)7-16(17)6-13-1-2-14-3-4-15(14)5-13/h1-2,5,7-8,18-19,22,24-26H,3-4,6,9-10,12H2. The minimum Gasteiger partial charge on any atom is -0.508 e. The minimum absolute atomic E-state index is 0.0109. The summed E-state index contributed by atoms with van der Waals surface area (Å²) >= 11 is 0. The number of hydrogen-bond acceptors (Lipinski definition) is 5. The molecule has 1 aliphatic carbocycles. The number of aromatic hydroxyl groups is 1. The van der Waals surface area contributed by atoms with Gasteiger partial charge in [0.2, 0.25) is 0 Å². The molecule has 2 aliphatic rings. The number of aliphatic hydroxyl groups excluding tert-OH is 2. The maximum absolute atomic E-state index is 10.4. The van der Waals surface area contributed by atoms with Crippen molar-refractivity contribution in [3.05, 3.63) is 63.7 Å². The highest BCUT2D eigenvalue weighted by molar-refractivity contribution is 5.51. The van der Waals surface area contributed by atoms with Gasteiger partial charge in [-0.05, 0) is 53.6 Å². The zero-order valence-electron chi connectivity index (χ0n) is 15.1. The Kier molecular flexibility index (Phi) is 4.88. The summed E-state index contributed by atoms with van der Waals surface area (Å²) in [7, 11) is 0. The van der Waals surface area contributed by atoms with Gasteiger partial charge in [0.25, 0.3) is 0 Å². The van der Waals surface area contributed by atoms with E-state index in [0.717, 1.165) is 24.0 Å². The molecule has 1 saturated heterocycles. The van der Waals surface area contributed by atoms with Crippen molar-refractivity contribution in [2.75, 3.05) is 6.61 Å². The number of nitrogens with zero attached hydrogens (tertiary/aromatic N) is 1. The molecule has 3 unspecified atom stereocenters. The molecular formula is C22H23NO4. The summed E-state index contributed by atoms with van der Waals surface area (Å²) in [5.41, 5.74) is 5.73. The maximum Gasteiger partial charge on any atom is 0.122 e. The largest absolute Gasteiger partial charge is 0.508 e. The summed E-state index contributed by atoms with van der Waals surface area (Å²) in [5.74, 6) is -0.0109. The van der Waals surface area contributed by atoms with Crippen molar-refractivity contribution in [3.63, 3.8) is 0 Å². The smallest absolute Gasteiger partial charge is 0.122 e. The second-order valence-electron chi connectivity index (χ2n) is 7.51. The Balaban J connectivity index is 1.66. The number of fused-ring (bicyclic) bond motifs is 1. The number of ether oxygens (including phenoxy) is 1. The summed E-state index contributed by atoms with van der Waals surface area (Å²) in [6.07, 6.45) is 2.02. The summed E-state index contributed by atoms with van der Waals surface area (Å²) < 4.78 is 5.84. The average molecular weight is 365 g/mol. The Bertz CT molecular complexity index is 902. The van der Waals surface area contributed by atoms with Crippen molar-refractivity contribution in [3.8, 4) is 11.8 Å². The molecule has 3 atom stereocenters. The number of rotatable bonds is 4. The Morgan fingerprint density at radius 2 is 1.93 bits per heavy atom. The van der Waals surface area contributed by atoms with Crippen molar-refractivity contribution in [1.82, 2.24) is 0 Å². The van der Waals surface area contributed by atoms with Gasteiger partial charge in [0.15, 0.2) is 0 Å². The van der Waals surface area contributed by atoms with Gasteiger partial charge in [0.1, 0.15) is 5.75 Å². The third-order valence-corrected chi connectivity index (χ3v) is 5.63. The highest BCUT2D eigenvalue weighted by Gasteiger charge is 2.31. The molecule has 0 saturated carbocycles. The lowest BCUT2D eigenvalue weighted by atomic mass is 9.85. The molecule has 5 heteroatoms. The summed E-state index contributed by atoms with van der Waals surface area (Å²) in [4.78, 5) is 0. The van der Waals surface area contributed by atoms with Gasteiger partial charge in [0, 0.05) is 18.4 Å². The minimum atomic E-state index is -0.590. The van der Waals surface area contributed by atoms with Gasteiger partial charge >= 0.3 is 0 Å². The average Bonchev–Trinajstić information content (AvgIpc) is 2.64. The van der Waals surface area contributed by atoms with Gasteiger partial charge in [-0.1, -0.05) is 18.2 Å². The number of phenolic OH excluding ortho intramolecular Hbond substituents is 1. The number of benzene rings is 2. The lowest BCUT2D eigenvalue weighted by Gasteiger charge is -2.33. The number of nitriles is 1. The molecule has 2 aromatic carbocycles. The van der Waals surface area contributed by atoms with Crippen LogP contribution in [0.25, 0.3) is 0 Å². The summed E-state index contributed by atoms with van der Waals surface area (Å²) in [6, 6.07) is 11.9. The molecule has 1 heterocycles. The van der Waals surface area contributed by atoms with E-state index in [1.54, 1.807) is 0 Å². The van der Waals surface area contributed by atoms with Crippen LogP contribution in [0.2, 0.25) is 0 Å². The predicted octanol–water partition coefficient (Wildman–Crippen LogP) is 2.53. The molecule has 27 heavy (non-hydrogen) atoms. The number of aliphatic hydroxyl groups is 2. The first-order chi connectivity index (χ1) is 13.1. The Labute approximate surface area is 158 Å². The van der Waals surface area contributed by atoms with E-state index < -0.39 is 18.3 Å². The molecule has 0 bridgehead atoms. The van der Waals surface area contributed by atoms with E-state index in [9.17, 15) is 20.6 Å². The second-order valence-corrected chi connectivity index (χ2v) is 7.51. The Morgan fingerprint density at radius 3 is 2.59 bits per heavy atom. The normalized spacial score (nSPS) is 24.0. The SMILES string of the molecule is N#Cc1cc(O)c(C2CC(O)CC(CO)O2)cc1Cc1ccc2c(c1)CC2. The number of aryl methyl sites for hydroxylation is 2. The van der Waals surface area contributed by atoms with E-state index in [0.29, 0.717) is 30.4 Å². The lowest BCUT2D eigenvalue weighted by Crippen LogP contribution is -2.33. The molecule has 3 N–H and O–H groups in total. The van der Waals surface area contributed by atoms with E-state index in [1.165, 1.54) is 17.2 Å². The molecule has 1 fully saturated rings. The van der Waals surface area contributed by atoms with Gasteiger partial charge < -0.3 is 20.1 Å². The fourth-order valence-corrected chi connectivity index (χ4v) is 4.05. The van der Waals surface area contributed by atoms with Crippen LogP contribution in [0.3, 0.4) is 0 Å². The van der Waals surface area contributed by atoms with Crippen molar-refractivity contribution in [1.29, 1.82) is 5.26 Å². The molecule has 5 nitrogen and oxygen atoms in total. The van der Waals surface area contributed by atoms with Crippen LogP contribution in [-0.4, -0.2) is 34.1 Å². The van der Waals surface area contributed by atoms with Crippen LogP contribution in [0.1, 0.15) is 52.3 Å². The van der Waals surface area contributed by atoms with Crippen molar-refractivity contribution < 1.29 is 20.1 Å².